The molecule has 1 N–H and O–H groups in total. The molecule has 2 aromatic rings. The van der Waals surface area contributed by atoms with Gasteiger partial charge in [-0.05, 0) is 32.0 Å². The summed E-state index contributed by atoms with van der Waals surface area (Å²) in [5, 5.41) is 10.6. The van der Waals surface area contributed by atoms with Crippen LogP contribution in [0.4, 0.5) is 0 Å². The topological polar surface area (TPSA) is 51.8 Å². The van der Waals surface area contributed by atoms with Crippen LogP contribution in [0.25, 0.3) is 0 Å². The third kappa shape index (κ3) is 2.44. The van der Waals surface area contributed by atoms with Crippen molar-refractivity contribution in [2.45, 2.75) is 20.0 Å². The maximum atomic E-state index is 10.6. The minimum absolute atomic E-state index is 0.588. The van der Waals surface area contributed by atoms with Gasteiger partial charge in [0.05, 0.1) is 19.8 Å². The summed E-state index contributed by atoms with van der Waals surface area (Å²) in [5.74, 6) is 2.63. The third-order valence-electron chi connectivity index (χ3n) is 3.11. The molecule has 1 aromatic carbocycles. The highest BCUT2D eigenvalue weighted by Crippen LogP contribution is 2.38. The number of rotatable bonds is 4. The molecule has 1 atom stereocenters. The van der Waals surface area contributed by atoms with Gasteiger partial charge >= 0.3 is 0 Å². The second-order valence-corrected chi connectivity index (χ2v) is 4.35. The molecule has 102 valence electrons. The first kappa shape index (κ1) is 13.5. The van der Waals surface area contributed by atoms with E-state index in [1.165, 1.54) is 0 Å². The van der Waals surface area contributed by atoms with Gasteiger partial charge in [-0.15, -0.1) is 0 Å². The van der Waals surface area contributed by atoms with Crippen LogP contribution in [0.5, 0.6) is 11.5 Å². The van der Waals surface area contributed by atoms with Gasteiger partial charge in [0.15, 0.2) is 0 Å². The molecule has 0 aliphatic rings. The molecule has 0 saturated heterocycles. The zero-order valence-corrected chi connectivity index (χ0v) is 11.6. The van der Waals surface area contributed by atoms with E-state index < -0.39 is 6.10 Å². The summed E-state index contributed by atoms with van der Waals surface area (Å²) in [6.45, 7) is 3.68. The van der Waals surface area contributed by atoms with E-state index in [1.54, 1.807) is 26.4 Å². The molecule has 0 aliphatic carbocycles. The minimum Gasteiger partial charge on any atom is -0.496 e. The number of benzene rings is 1. The van der Waals surface area contributed by atoms with E-state index in [4.69, 9.17) is 13.9 Å². The standard InChI is InChI=1S/C15H18O4/c1-9-8-11(10(2)19-9)15(16)14-12(17-3)6-5-7-13(14)18-4/h5-8,15-16H,1-4H3. The summed E-state index contributed by atoms with van der Waals surface area (Å²) in [6.07, 6.45) is -0.844. The first-order valence-electron chi connectivity index (χ1n) is 6.04. The first-order chi connectivity index (χ1) is 9.08. The molecular formula is C15H18O4. The molecule has 0 fully saturated rings. The van der Waals surface area contributed by atoms with Crippen molar-refractivity contribution in [3.05, 3.63) is 46.9 Å². The van der Waals surface area contributed by atoms with Crippen molar-refractivity contribution in [1.29, 1.82) is 0 Å². The van der Waals surface area contributed by atoms with Gasteiger partial charge in [-0.25, -0.2) is 0 Å². The second-order valence-electron chi connectivity index (χ2n) is 4.35. The number of hydrogen-bond donors (Lipinski definition) is 1. The van der Waals surface area contributed by atoms with Crippen LogP contribution in [-0.4, -0.2) is 19.3 Å². The molecule has 0 amide bonds. The van der Waals surface area contributed by atoms with Crippen molar-refractivity contribution in [2.75, 3.05) is 14.2 Å². The number of hydrogen-bond acceptors (Lipinski definition) is 4. The van der Waals surface area contributed by atoms with Crippen molar-refractivity contribution in [3.63, 3.8) is 0 Å². The minimum atomic E-state index is -0.844. The van der Waals surface area contributed by atoms with Crippen molar-refractivity contribution in [2.24, 2.45) is 0 Å². The van der Waals surface area contributed by atoms with E-state index >= 15 is 0 Å². The number of aryl methyl sites for hydroxylation is 2. The number of methoxy groups -OCH3 is 2. The molecule has 1 heterocycles. The van der Waals surface area contributed by atoms with Crippen LogP contribution in [0.2, 0.25) is 0 Å². The smallest absolute Gasteiger partial charge is 0.128 e. The summed E-state index contributed by atoms with van der Waals surface area (Å²) in [4.78, 5) is 0. The maximum absolute atomic E-state index is 10.6. The normalized spacial score (nSPS) is 12.3. The van der Waals surface area contributed by atoms with E-state index in [1.807, 2.05) is 26.0 Å². The Balaban J connectivity index is 2.54. The second kappa shape index (κ2) is 5.36. The van der Waals surface area contributed by atoms with Crippen LogP contribution < -0.4 is 9.47 Å². The Labute approximate surface area is 112 Å². The summed E-state index contributed by atoms with van der Waals surface area (Å²) >= 11 is 0. The Morgan fingerprint density at radius 2 is 1.68 bits per heavy atom. The molecule has 1 unspecified atom stereocenters. The largest absolute Gasteiger partial charge is 0.496 e. The Morgan fingerprint density at radius 1 is 1.11 bits per heavy atom. The van der Waals surface area contributed by atoms with Crippen LogP contribution in [0, 0.1) is 13.8 Å². The quantitative estimate of drug-likeness (QED) is 0.920. The van der Waals surface area contributed by atoms with Gasteiger partial charge in [-0.2, -0.15) is 0 Å². The van der Waals surface area contributed by atoms with Crippen LogP contribution in [0.1, 0.15) is 28.8 Å². The fraction of sp³-hybridized carbons (Fsp3) is 0.333. The van der Waals surface area contributed by atoms with E-state index in [0.29, 0.717) is 22.8 Å². The summed E-state index contributed by atoms with van der Waals surface area (Å²) < 4.78 is 16.1. The number of furan rings is 1. The molecule has 0 aliphatic heterocycles. The molecule has 19 heavy (non-hydrogen) atoms. The molecule has 0 spiro atoms. The summed E-state index contributed by atoms with van der Waals surface area (Å²) in [7, 11) is 3.14. The van der Waals surface area contributed by atoms with E-state index in [0.717, 1.165) is 11.3 Å². The molecule has 0 saturated carbocycles. The lowest BCUT2D eigenvalue weighted by molar-refractivity contribution is 0.206. The van der Waals surface area contributed by atoms with Gasteiger partial charge in [0, 0.05) is 5.56 Å². The van der Waals surface area contributed by atoms with Crippen molar-refractivity contribution in [3.8, 4) is 11.5 Å². The molecule has 1 aromatic heterocycles. The van der Waals surface area contributed by atoms with E-state index in [2.05, 4.69) is 0 Å². The highest BCUT2D eigenvalue weighted by Gasteiger charge is 2.23. The lowest BCUT2D eigenvalue weighted by Crippen LogP contribution is -2.05. The molecular weight excluding hydrogens is 244 g/mol. The van der Waals surface area contributed by atoms with Crippen molar-refractivity contribution in [1.82, 2.24) is 0 Å². The zero-order valence-electron chi connectivity index (χ0n) is 11.6. The Bertz CT molecular complexity index is 549. The van der Waals surface area contributed by atoms with Crippen LogP contribution in [0.3, 0.4) is 0 Å². The van der Waals surface area contributed by atoms with Crippen molar-refractivity contribution < 1.29 is 19.0 Å². The van der Waals surface area contributed by atoms with Crippen LogP contribution >= 0.6 is 0 Å². The van der Waals surface area contributed by atoms with Crippen molar-refractivity contribution >= 4 is 0 Å². The molecule has 0 bridgehead atoms. The molecule has 0 radical (unpaired) electrons. The predicted octanol–water partition coefficient (Wildman–Crippen LogP) is 3.00. The fourth-order valence-electron chi connectivity index (χ4n) is 2.23. The first-order valence-corrected chi connectivity index (χ1v) is 6.04. The maximum Gasteiger partial charge on any atom is 0.128 e. The SMILES string of the molecule is COc1cccc(OC)c1C(O)c1cc(C)oc1C. The Kier molecular flexibility index (Phi) is 3.81. The van der Waals surface area contributed by atoms with Gasteiger partial charge in [0.2, 0.25) is 0 Å². The number of ether oxygens (including phenoxy) is 2. The van der Waals surface area contributed by atoms with E-state index in [9.17, 15) is 5.11 Å². The monoisotopic (exact) mass is 262 g/mol. The van der Waals surface area contributed by atoms with Gasteiger partial charge in [0.1, 0.15) is 29.1 Å². The average Bonchev–Trinajstić information content (AvgIpc) is 2.75. The third-order valence-corrected chi connectivity index (χ3v) is 3.11. The van der Waals surface area contributed by atoms with Crippen LogP contribution in [0.15, 0.2) is 28.7 Å². The molecule has 4 nitrogen and oxygen atoms in total. The fourth-order valence-corrected chi connectivity index (χ4v) is 2.23. The Hall–Kier alpha value is -1.94. The molecule has 4 heteroatoms. The summed E-state index contributed by atoms with van der Waals surface area (Å²) in [6, 6.07) is 7.24. The van der Waals surface area contributed by atoms with Gasteiger partial charge in [0.25, 0.3) is 0 Å². The predicted molar refractivity (Wildman–Crippen MR) is 71.8 cm³/mol. The highest BCUT2D eigenvalue weighted by atomic mass is 16.5. The summed E-state index contributed by atoms with van der Waals surface area (Å²) in [5.41, 5.74) is 1.33. The Morgan fingerprint density at radius 3 is 2.11 bits per heavy atom. The van der Waals surface area contributed by atoms with E-state index in [-0.39, 0.29) is 0 Å². The van der Waals surface area contributed by atoms with Gasteiger partial charge in [-0.3, -0.25) is 0 Å². The molecule has 2 rings (SSSR count). The zero-order chi connectivity index (χ0) is 14.0. The van der Waals surface area contributed by atoms with Gasteiger partial charge in [-0.1, -0.05) is 6.07 Å². The van der Waals surface area contributed by atoms with Crippen LogP contribution in [-0.2, 0) is 0 Å². The number of aliphatic hydroxyl groups excluding tert-OH is 1. The highest BCUT2D eigenvalue weighted by molar-refractivity contribution is 5.50. The number of aliphatic hydroxyl groups is 1. The lowest BCUT2D eigenvalue weighted by Gasteiger charge is -2.17. The lowest BCUT2D eigenvalue weighted by atomic mass is 10.00. The van der Waals surface area contributed by atoms with Gasteiger partial charge < -0.3 is 19.0 Å². The average molecular weight is 262 g/mol.